The van der Waals surface area contributed by atoms with Crippen molar-refractivity contribution in [3.8, 4) is 11.4 Å². The van der Waals surface area contributed by atoms with Gasteiger partial charge in [-0.3, -0.25) is 4.79 Å². The van der Waals surface area contributed by atoms with E-state index in [1.54, 1.807) is 0 Å². The van der Waals surface area contributed by atoms with Gasteiger partial charge in [0.05, 0.1) is 5.75 Å². The maximum absolute atomic E-state index is 12.2. The number of rotatable bonds is 5. The van der Waals surface area contributed by atoms with Gasteiger partial charge in [0.25, 0.3) is 0 Å². The van der Waals surface area contributed by atoms with E-state index in [4.69, 9.17) is 0 Å². The molecule has 0 unspecified atom stereocenters. The number of Topliss-reactive ketones (excluding diaryl/α,β-unsaturated/α-hetero) is 1. The molecule has 4 nitrogen and oxygen atoms in total. The molecular formula is C17H14BrN3OS. The SMILES string of the molecule is Cn1c(SCC(=O)c2ccccc2)nnc1-c1ccccc1Br. The lowest BCUT2D eigenvalue weighted by Gasteiger charge is -2.05. The van der Waals surface area contributed by atoms with E-state index in [9.17, 15) is 4.79 Å². The maximum atomic E-state index is 12.2. The Morgan fingerprint density at radius 1 is 1.09 bits per heavy atom. The number of hydrogen-bond acceptors (Lipinski definition) is 4. The third-order valence-corrected chi connectivity index (χ3v) is 5.09. The highest BCUT2D eigenvalue weighted by Gasteiger charge is 2.15. The first-order chi connectivity index (χ1) is 11.2. The van der Waals surface area contributed by atoms with Gasteiger partial charge < -0.3 is 4.57 Å². The largest absolute Gasteiger partial charge is 0.305 e. The summed E-state index contributed by atoms with van der Waals surface area (Å²) >= 11 is 4.92. The van der Waals surface area contributed by atoms with Gasteiger partial charge in [-0.05, 0) is 6.07 Å². The van der Waals surface area contributed by atoms with E-state index in [0.29, 0.717) is 11.3 Å². The van der Waals surface area contributed by atoms with Gasteiger partial charge in [-0.25, -0.2) is 0 Å². The topological polar surface area (TPSA) is 47.8 Å². The quantitative estimate of drug-likeness (QED) is 0.485. The molecule has 3 rings (SSSR count). The zero-order valence-corrected chi connectivity index (χ0v) is 14.8. The summed E-state index contributed by atoms with van der Waals surface area (Å²) < 4.78 is 2.87. The third-order valence-electron chi connectivity index (χ3n) is 3.38. The lowest BCUT2D eigenvalue weighted by atomic mass is 10.2. The number of nitrogens with zero attached hydrogens (tertiary/aromatic N) is 3. The van der Waals surface area contributed by atoms with Gasteiger partial charge in [-0.15, -0.1) is 10.2 Å². The van der Waals surface area contributed by atoms with E-state index in [1.165, 1.54) is 11.8 Å². The maximum Gasteiger partial charge on any atom is 0.191 e. The van der Waals surface area contributed by atoms with E-state index < -0.39 is 0 Å². The molecule has 3 aromatic rings. The van der Waals surface area contributed by atoms with Gasteiger partial charge in [-0.2, -0.15) is 0 Å². The summed E-state index contributed by atoms with van der Waals surface area (Å²) in [6.45, 7) is 0. The van der Waals surface area contributed by atoms with Crippen LogP contribution in [0.25, 0.3) is 11.4 Å². The molecule has 0 atom stereocenters. The second-order valence-electron chi connectivity index (χ2n) is 4.92. The molecule has 0 amide bonds. The van der Waals surface area contributed by atoms with Crippen molar-refractivity contribution >= 4 is 33.5 Å². The monoisotopic (exact) mass is 387 g/mol. The molecule has 116 valence electrons. The predicted molar refractivity (Wildman–Crippen MR) is 95.6 cm³/mol. The first kappa shape index (κ1) is 16.0. The Morgan fingerprint density at radius 2 is 1.78 bits per heavy atom. The van der Waals surface area contributed by atoms with Crippen LogP contribution in [0, 0.1) is 0 Å². The van der Waals surface area contributed by atoms with Crippen molar-refractivity contribution in [2.24, 2.45) is 7.05 Å². The van der Waals surface area contributed by atoms with Crippen LogP contribution in [-0.4, -0.2) is 26.3 Å². The minimum Gasteiger partial charge on any atom is -0.305 e. The number of halogens is 1. The second-order valence-corrected chi connectivity index (χ2v) is 6.72. The summed E-state index contributed by atoms with van der Waals surface area (Å²) in [6.07, 6.45) is 0. The van der Waals surface area contributed by atoms with Crippen LogP contribution in [0.4, 0.5) is 0 Å². The Hall–Kier alpha value is -1.92. The summed E-state index contributed by atoms with van der Waals surface area (Å²) in [5.41, 5.74) is 1.69. The lowest BCUT2D eigenvalue weighted by Crippen LogP contribution is -2.03. The van der Waals surface area contributed by atoms with Crippen LogP contribution in [0.1, 0.15) is 10.4 Å². The van der Waals surface area contributed by atoms with Gasteiger partial charge in [-0.1, -0.05) is 76.2 Å². The van der Waals surface area contributed by atoms with E-state index >= 15 is 0 Å². The minimum absolute atomic E-state index is 0.0843. The summed E-state index contributed by atoms with van der Waals surface area (Å²) in [5, 5.41) is 9.17. The molecule has 6 heteroatoms. The summed E-state index contributed by atoms with van der Waals surface area (Å²) in [7, 11) is 1.91. The highest BCUT2D eigenvalue weighted by molar-refractivity contribution is 9.10. The molecule has 2 aromatic carbocycles. The Kier molecular flexibility index (Phi) is 4.93. The highest BCUT2D eigenvalue weighted by atomic mass is 79.9. The van der Waals surface area contributed by atoms with Crippen LogP contribution in [-0.2, 0) is 7.05 Å². The number of thioether (sulfide) groups is 1. The second kappa shape index (κ2) is 7.10. The molecule has 1 heterocycles. The normalized spacial score (nSPS) is 10.7. The zero-order valence-electron chi connectivity index (χ0n) is 12.4. The lowest BCUT2D eigenvalue weighted by molar-refractivity contribution is 0.102. The molecule has 0 radical (unpaired) electrons. The molecule has 0 spiro atoms. The van der Waals surface area contributed by atoms with Gasteiger partial charge in [0.15, 0.2) is 16.8 Å². The molecule has 0 N–H and O–H groups in total. The number of hydrogen-bond donors (Lipinski definition) is 0. The molecule has 0 aliphatic rings. The molecule has 0 saturated carbocycles. The van der Waals surface area contributed by atoms with E-state index in [-0.39, 0.29) is 5.78 Å². The molecule has 23 heavy (non-hydrogen) atoms. The average molecular weight is 388 g/mol. The van der Waals surface area contributed by atoms with Crippen molar-refractivity contribution in [2.75, 3.05) is 5.75 Å². The van der Waals surface area contributed by atoms with Gasteiger partial charge >= 0.3 is 0 Å². The van der Waals surface area contributed by atoms with E-state index in [1.807, 2.05) is 66.2 Å². The highest BCUT2D eigenvalue weighted by Crippen LogP contribution is 2.28. The summed E-state index contributed by atoms with van der Waals surface area (Å²) in [6, 6.07) is 17.2. The van der Waals surface area contributed by atoms with Crippen molar-refractivity contribution in [1.82, 2.24) is 14.8 Å². The molecule has 0 bridgehead atoms. The van der Waals surface area contributed by atoms with Crippen molar-refractivity contribution in [2.45, 2.75) is 5.16 Å². The van der Waals surface area contributed by atoms with Crippen molar-refractivity contribution < 1.29 is 4.79 Å². The Morgan fingerprint density at radius 3 is 2.52 bits per heavy atom. The number of ketones is 1. The van der Waals surface area contributed by atoms with Crippen LogP contribution in [0.2, 0.25) is 0 Å². The van der Waals surface area contributed by atoms with Crippen molar-refractivity contribution in [1.29, 1.82) is 0 Å². The number of carbonyl (C=O) groups excluding carboxylic acids is 1. The molecular weight excluding hydrogens is 374 g/mol. The molecule has 1 aromatic heterocycles. The number of aromatic nitrogens is 3. The molecule has 0 saturated heterocycles. The molecule has 0 aliphatic heterocycles. The molecule has 0 fully saturated rings. The fourth-order valence-corrected chi connectivity index (χ4v) is 3.42. The zero-order chi connectivity index (χ0) is 16.2. The van der Waals surface area contributed by atoms with Gasteiger partial charge in [0.1, 0.15) is 0 Å². The van der Waals surface area contributed by atoms with E-state index in [2.05, 4.69) is 26.1 Å². The van der Waals surface area contributed by atoms with E-state index in [0.717, 1.165) is 21.0 Å². The first-order valence-corrected chi connectivity index (χ1v) is 8.80. The van der Waals surface area contributed by atoms with Crippen LogP contribution < -0.4 is 0 Å². The number of carbonyl (C=O) groups is 1. The first-order valence-electron chi connectivity index (χ1n) is 7.02. The number of benzene rings is 2. The minimum atomic E-state index is 0.0843. The Labute approximate surface area is 147 Å². The van der Waals surface area contributed by atoms with Gasteiger partial charge in [0, 0.05) is 22.6 Å². The third kappa shape index (κ3) is 3.54. The fraction of sp³-hybridized carbons (Fsp3) is 0.118. The standard InChI is InChI=1S/C17H14BrN3OS/c1-21-16(13-9-5-6-10-14(13)18)19-20-17(21)23-11-15(22)12-7-3-2-4-8-12/h2-10H,11H2,1H3. The predicted octanol–water partition coefficient (Wildman–Crippen LogP) is 4.22. The summed E-state index contributed by atoms with van der Waals surface area (Å²) in [5.74, 6) is 1.19. The van der Waals surface area contributed by atoms with Crippen LogP contribution in [0.3, 0.4) is 0 Å². The van der Waals surface area contributed by atoms with Crippen molar-refractivity contribution in [3.63, 3.8) is 0 Å². The van der Waals surface area contributed by atoms with Crippen molar-refractivity contribution in [3.05, 3.63) is 64.6 Å². The van der Waals surface area contributed by atoms with Crippen LogP contribution in [0.15, 0.2) is 64.2 Å². The smallest absolute Gasteiger partial charge is 0.191 e. The van der Waals surface area contributed by atoms with Crippen LogP contribution in [0.5, 0.6) is 0 Å². The average Bonchev–Trinajstić information content (AvgIpc) is 2.94. The Bertz CT molecular complexity index is 833. The van der Waals surface area contributed by atoms with Crippen LogP contribution >= 0.6 is 27.7 Å². The van der Waals surface area contributed by atoms with Gasteiger partial charge in [0.2, 0.25) is 0 Å². The fourth-order valence-electron chi connectivity index (χ4n) is 2.16. The molecule has 0 aliphatic carbocycles. The Balaban J connectivity index is 1.76. The summed E-state index contributed by atoms with van der Waals surface area (Å²) in [4.78, 5) is 12.2.